The van der Waals surface area contributed by atoms with Crippen LogP contribution in [0.25, 0.3) is 0 Å². The lowest BCUT2D eigenvalue weighted by molar-refractivity contribution is 0.313. The van der Waals surface area contributed by atoms with Crippen LogP contribution in [0.2, 0.25) is 5.02 Å². The van der Waals surface area contributed by atoms with Gasteiger partial charge in [0.2, 0.25) is 0 Å². The Hall–Kier alpha value is -0.570. The van der Waals surface area contributed by atoms with Gasteiger partial charge < -0.3 is 10.6 Å². The van der Waals surface area contributed by atoms with E-state index in [4.69, 9.17) is 17.3 Å². The van der Waals surface area contributed by atoms with Crippen LogP contribution in [0, 0.1) is 0 Å². The molecule has 0 fully saturated rings. The van der Waals surface area contributed by atoms with Gasteiger partial charge in [0.1, 0.15) is 0 Å². The predicted molar refractivity (Wildman–Crippen MR) is 75.4 cm³/mol. The molecule has 0 heterocycles. The minimum absolute atomic E-state index is 0.0813. The molecule has 2 N–H and O–H groups in total. The second-order valence-corrected chi connectivity index (χ2v) is 5.04. The van der Waals surface area contributed by atoms with Crippen molar-refractivity contribution in [3.8, 4) is 0 Å². The molecule has 3 heteroatoms. The number of nitrogens with zero attached hydrogens (tertiary/aromatic N) is 1. The van der Waals surface area contributed by atoms with E-state index in [1.54, 1.807) is 0 Å². The third-order valence-corrected chi connectivity index (χ3v) is 3.23. The molecule has 1 aromatic carbocycles. The molecule has 1 atom stereocenters. The van der Waals surface area contributed by atoms with Crippen LogP contribution in [-0.4, -0.2) is 25.0 Å². The zero-order chi connectivity index (χ0) is 12.7. The number of rotatable bonds is 7. The Balaban J connectivity index is 2.36. The molecule has 0 saturated carbocycles. The van der Waals surface area contributed by atoms with E-state index in [-0.39, 0.29) is 6.04 Å². The van der Waals surface area contributed by atoms with E-state index >= 15 is 0 Å². The maximum Gasteiger partial charge on any atom is 0.0409 e. The van der Waals surface area contributed by atoms with Crippen molar-refractivity contribution >= 4 is 11.6 Å². The fourth-order valence-electron chi connectivity index (χ4n) is 1.80. The first kappa shape index (κ1) is 14.5. The molecule has 0 aliphatic rings. The van der Waals surface area contributed by atoms with Gasteiger partial charge in [-0.25, -0.2) is 0 Å². The van der Waals surface area contributed by atoms with Gasteiger partial charge in [0.15, 0.2) is 0 Å². The van der Waals surface area contributed by atoms with Gasteiger partial charge in [0, 0.05) is 11.1 Å². The Kier molecular flexibility index (Phi) is 6.56. The molecule has 0 bridgehead atoms. The Morgan fingerprint density at radius 1 is 1.35 bits per heavy atom. The van der Waals surface area contributed by atoms with Crippen LogP contribution < -0.4 is 5.73 Å². The molecule has 96 valence electrons. The van der Waals surface area contributed by atoms with Crippen LogP contribution in [-0.2, 0) is 0 Å². The summed E-state index contributed by atoms with van der Waals surface area (Å²) < 4.78 is 0. The molecule has 1 rings (SSSR count). The molecule has 0 saturated heterocycles. The van der Waals surface area contributed by atoms with Crippen molar-refractivity contribution < 1.29 is 0 Å². The minimum atomic E-state index is 0.0813. The lowest BCUT2D eigenvalue weighted by Crippen LogP contribution is -2.24. The Bertz CT molecular complexity index is 328. The first-order valence-electron chi connectivity index (χ1n) is 6.33. The van der Waals surface area contributed by atoms with Crippen LogP contribution in [0.1, 0.15) is 37.8 Å². The van der Waals surface area contributed by atoms with Crippen LogP contribution in [0.15, 0.2) is 24.3 Å². The number of halogens is 1. The van der Waals surface area contributed by atoms with Crippen molar-refractivity contribution in [2.24, 2.45) is 5.73 Å². The number of hydrogen-bond acceptors (Lipinski definition) is 2. The lowest BCUT2D eigenvalue weighted by Gasteiger charge is -2.19. The number of hydrogen-bond donors (Lipinski definition) is 1. The Morgan fingerprint density at radius 2 is 2.12 bits per heavy atom. The Morgan fingerprint density at radius 3 is 2.76 bits per heavy atom. The standard InChI is InChI=1S/C14H23ClN2/c1-3-4-9-17(2)10-8-14(16)12-6-5-7-13(15)11-12/h5-7,11,14H,3-4,8-10,16H2,1-2H3. The summed E-state index contributed by atoms with van der Waals surface area (Å²) in [5.41, 5.74) is 7.28. The highest BCUT2D eigenvalue weighted by molar-refractivity contribution is 6.30. The fraction of sp³-hybridized carbons (Fsp3) is 0.571. The first-order valence-corrected chi connectivity index (χ1v) is 6.71. The maximum atomic E-state index is 6.16. The molecule has 0 aliphatic heterocycles. The largest absolute Gasteiger partial charge is 0.324 e. The zero-order valence-corrected chi connectivity index (χ0v) is 11.6. The van der Waals surface area contributed by atoms with E-state index in [9.17, 15) is 0 Å². The smallest absolute Gasteiger partial charge is 0.0409 e. The SMILES string of the molecule is CCCCN(C)CCC(N)c1cccc(Cl)c1. The molecule has 0 aliphatic carbocycles. The zero-order valence-electron chi connectivity index (χ0n) is 10.8. The van der Waals surface area contributed by atoms with E-state index < -0.39 is 0 Å². The summed E-state index contributed by atoms with van der Waals surface area (Å²) in [5.74, 6) is 0. The molecular weight excluding hydrogens is 232 g/mol. The van der Waals surface area contributed by atoms with E-state index in [0.717, 1.165) is 30.1 Å². The molecule has 17 heavy (non-hydrogen) atoms. The quantitative estimate of drug-likeness (QED) is 0.808. The van der Waals surface area contributed by atoms with E-state index in [0.29, 0.717) is 0 Å². The van der Waals surface area contributed by atoms with Gasteiger partial charge >= 0.3 is 0 Å². The highest BCUT2D eigenvalue weighted by Gasteiger charge is 2.07. The average Bonchev–Trinajstić information content (AvgIpc) is 2.33. The van der Waals surface area contributed by atoms with Gasteiger partial charge in [0.25, 0.3) is 0 Å². The minimum Gasteiger partial charge on any atom is -0.324 e. The monoisotopic (exact) mass is 254 g/mol. The fourth-order valence-corrected chi connectivity index (χ4v) is 2.00. The van der Waals surface area contributed by atoms with Gasteiger partial charge in [0.05, 0.1) is 0 Å². The summed E-state index contributed by atoms with van der Waals surface area (Å²) in [7, 11) is 2.15. The maximum absolute atomic E-state index is 6.16. The van der Waals surface area contributed by atoms with Crippen molar-refractivity contribution in [3.05, 3.63) is 34.9 Å². The number of nitrogens with two attached hydrogens (primary N) is 1. The van der Waals surface area contributed by atoms with Crippen molar-refractivity contribution in [1.82, 2.24) is 4.90 Å². The van der Waals surface area contributed by atoms with Crippen LogP contribution in [0.4, 0.5) is 0 Å². The third-order valence-electron chi connectivity index (χ3n) is 2.99. The average molecular weight is 255 g/mol. The van der Waals surface area contributed by atoms with Crippen molar-refractivity contribution in [2.45, 2.75) is 32.2 Å². The van der Waals surface area contributed by atoms with Gasteiger partial charge in [-0.3, -0.25) is 0 Å². The molecule has 1 aromatic rings. The van der Waals surface area contributed by atoms with E-state index in [2.05, 4.69) is 18.9 Å². The molecule has 1 unspecified atom stereocenters. The van der Waals surface area contributed by atoms with Crippen molar-refractivity contribution in [3.63, 3.8) is 0 Å². The molecule has 0 aromatic heterocycles. The topological polar surface area (TPSA) is 29.3 Å². The van der Waals surface area contributed by atoms with Crippen LogP contribution in [0.3, 0.4) is 0 Å². The second-order valence-electron chi connectivity index (χ2n) is 4.61. The molecule has 2 nitrogen and oxygen atoms in total. The predicted octanol–water partition coefficient (Wildman–Crippen LogP) is 3.46. The summed E-state index contributed by atoms with van der Waals surface area (Å²) in [6.07, 6.45) is 3.47. The summed E-state index contributed by atoms with van der Waals surface area (Å²) in [6.45, 7) is 4.40. The summed E-state index contributed by atoms with van der Waals surface area (Å²) in [6, 6.07) is 7.92. The molecule has 0 radical (unpaired) electrons. The van der Waals surface area contributed by atoms with Crippen LogP contribution >= 0.6 is 11.6 Å². The van der Waals surface area contributed by atoms with Crippen molar-refractivity contribution in [1.29, 1.82) is 0 Å². The van der Waals surface area contributed by atoms with Crippen LogP contribution in [0.5, 0.6) is 0 Å². The normalized spacial score (nSPS) is 13.0. The lowest BCUT2D eigenvalue weighted by atomic mass is 10.0. The van der Waals surface area contributed by atoms with Gasteiger partial charge in [-0.05, 0) is 50.7 Å². The van der Waals surface area contributed by atoms with Crippen molar-refractivity contribution in [2.75, 3.05) is 20.1 Å². The summed E-state index contributed by atoms with van der Waals surface area (Å²) >= 11 is 5.95. The molecular formula is C14H23ClN2. The second kappa shape index (κ2) is 7.70. The number of benzene rings is 1. The summed E-state index contributed by atoms with van der Waals surface area (Å²) in [5, 5.41) is 0.761. The van der Waals surface area contributed by atoms with E-state index in [1.165, 1.54) is 12.8 Å². The van der Waals surface area contributed by atoms with E-state index in [1.807, 2.05) is 24.3 Å². The number of unbranched alkanes of at least 4 members (excludes halogenated alkanes) is 1. The van der Waals surface area contributed by atoms with Gasteiger partial charge in [-0.2, -0.15) is 0 Å². The molecule has 0 amide bonds. The first-order chi connectivity index (χ1) is 8.13. The highest BCUT2D eigenvalue weighted by atomic mass is 35.5. The Labute approximate surface area is 110 Å². The third kappa shape index (κ3) is 5.53. The highest BCUT2D eigenvalue weighted by Crippen LogP contribution is 2.18. The van der Waals surface area contributed by atoms with Gasteiger partial charge in [-0.15, -0.1) is 0 Å². The van der Waals surface area contributed by atoms with Gasteiger partial charge in [-0.1, -0.05) is 37.1 Å². The molecule has 0 spiro atoms. The summed E-state index contributed by atoms with van der Waals surface area (Å²) in [4.78, 5) is 2.34.